The maximum absolute atomic E-state index is 12.8. The Kier molecular flexibility index (Phi) is 5.13. The molecule has 0 aromatic heterocycles. The van der Waals surface area contributed by atoms with Gasteiger partial charge in [-0.1, -0.05) is 18.9 Å². The summed E-state index contributed by atoms with van der Waals surface area (Å²) in [5, 5.41) is 3.06. The average molecular weight is 375 g/mol. The first-order valence-electron chi connectivity index (χ1n) is 7.25. The van der Waals surface area contributed by atoms with Gasteiger partial charge >= 0.3 is 0 Å². The molecule has 0 unspecified atom stereocenters. The van der Waals surface area contributed by atoms with Gasteiger partial charge in [0.25, 0.3) is 0 Å². The molecule has 0 amide bonds. The zero-order valence-corrected chi connectivity index (χ0v) is 15.2. The van der Waals surface area contributed by atoms with Crippen LogP contribution in [0.2, 0.25) is 0 Å². The van der Waals surface area contributed by atoms with Crippen molar-refractivity contribution in [1.82, 2.24) is 10.0 Å². The lowest BCUT2D eigenvalue weighted by atomic mass is 10.0. The van der Waals surface area contributed by atoms with E-state index in [-0.39, 0.29) is 5.54 Å². The highest BCUT2D eigenvalue weighted by molar-refractivity contribution is 9.10. The van der Waals surface area contributed by atoms with Crippen LogP contribution < -0.4 is 10.0 Å². The Morgan fingerprint density at radius 1 is 1.29 bits per heavy atom. The Bertz CT molecular complexity index is 623. The summed E-state index contributed by atoms with van der Waals surface area (Å²) >= 11 is 3.43. The Hall–Kier alpha value is -0.430. The molecule has 1 fully saturated rings. The van der Waals surface area contributed by atoms with Crippen molar-refractivity contribution in [3.05, 3.63) is 27.7 Å². The number of aryl methyl sites for hydroxylation is 1. The van der Waals surface area contributed by atoms with Crippen molar-refractivity contribution in [3.63, 3.8) is 0 Å². The lowest BCUT2D eigenvalue weighted by Crippen LogP contribution is -2.43. The van der Waals surface area contributed by atoms with Gasteiger partial charge in [0.15, 0.2) is 0 Å². The quantitative estimate of drug-likeness (QED) is 0.832. The monoisotopic (exact) mass is 374 g/mol. The highest BCUT2D eigenvalue weighted by atomic mass is 79.9. The van der Waals surface area contributed by atoms with Crippen LogP contribution in [0.4, 0.5) is 0 Å². The van der Waals surface area contributed by atoms with E-state index in [9.17, 15) is 8.42 Å². The zero-order chi connectivity index (χ0) is 15.7. The molecular formula is C15H23BrN2O2S. The fourth-order valence-corrected chi connectivity index (χ4v) is 5.48. The molecule has 1 aliphatic carbocycles. The van der Waals surface area contributed by atoms with Crippen molar-refractivity contribution < 1.29 is 8.42 Å². The van der Waals surface area contributed by atoms with Crippen molar-refractivity contribution >= 4 is 26.0 Å². The molecule has 0 atom stereocenters. The van der Waals surface area contributed by atoms with E-state index < -0.39 is 10.0 Å². The Morgan fingerprint density at radius 2 is 1.90 bits per heavy atom. The van der Waals surface area contributed by atoms with E-state index in [1.54, 1.807) is 6.07 Å². The minimum atomic E-state index is -3.52. The van der Waals surface area contributed by atoms with Gasteiger partial charge < -0.3 is 5.32 Å². The van der Waals surface area contributed by atoms with Crippen molar-refractivity contribution in [2.45, 2.75) is 56.5 Å². The van der Waals surface area contributed by atoms with Crippen LogP contribution in [0, 0.1) is 6.92 Å². The Balaban J connectivity index is 2.39. The first-order chi connectivity index (χ1) is 9.77. The minimum Gasteiger partial charge on any atom is -0.316 e. The Labute approximate surface area is 135 Å². The summed E-state index contributed by atoms with van der Waals surface area (Å²) in [6.07, 6.45) is 3.97. The summed E-state index contributed by atoms with van der Waals surface area (Å²) < 4.78 is 29.1. The summed E-state index contributed by atoms with van der Waals surface area (Å²) in [5.74, 6) is 0. The van der Waals surface area contributed by atoms with Gasteiger partial charge in [-0.15, -0.1) is 0 Å². The van der Waals surface area contributed by atoms with Crippen LogP contribution in [0.15, 0.2) is 21.5 Å². The summed E-state index contributed by atoms with van der Waals surface area (Å²) in [7, 11) is -1.67. The number of rotatable bonds is 5. The SMILES string of the molecule is CNCc1cc(C)c(Br)c(S(=O)(=O)NC2(C)CCCC2)c1. The number of halogens is 1. The zero-order valence-electron chi connectivity index (χ0n) is 12.8. The predicted molar refractivity (Wildman–Crippen MR) is 88.8 cm³/mol. The van der Waals surface area contributed by atoms with E-state index in [2.05, 4.69) is 26.0 Å². The van der Waals surface area contributed by atoms with Crippen molar-refractivity contribution in [3.8, 4) is 0 Å². The molecule has 0 heterocycles. The normalized spacial score (nSPS) is 18.1. The second-order valence-electron chi connectivity index (χ2n) is 6.13. The van der Waals surface area contributed by atoms with Crippen molar-refractivity contribution in [1.29, 1.82) is 0 Å². The van der Waals surface area contributed by atoms with Gasteiger partial charge in [-0.3, -0.25) is 0 Å². The number of sulfonamides is 1. The maximum Gasteiger partial charge on any atom is 0.242 e. The number of hydrogen-bond donors (Lipinski definition) is 2. The molecule has 4 nitrogen and oxygen atoms in total. The minimum absolute atomic E-state index is 0.314. The topological polar surface area (TPSA) is 58.2 Å². The molecule has 0 aliphatic heterocycles. The van der Waals surface area contributed by atoms with Gasteiger partial charge in [0.05, 0.1) is 4.90 Å². The average Bonchev–Trinajstić information content (AvgIpc) is 2.79. The molecule has 118 valence electrons. The molecule has 1 aromatic carbocycles. The van der Waals surface area contributed by atoms with E-state index in [0.29, 0.717) is 15.9 Å². The second kappa shape index (κ2) is 6.36. The molecule has 1 aliphatic rings. The predicted octanol–water partition coefficient (Wildman–Crippen LogP) is 3.09. The van der Waals surface area contributed by atoms with Crippen LogP contribution in [0.3, 0.4) is 0 Å². The fourth-order valence-electron chi connectivity index (χ4n) is 2.95. The van der Waals surface area contributed by atoms with E-state index >= 15 is 0 Å². The molecule has 0 radical (unpaired) electrons. The van der Waals surface area contributed by atoms with Crippen molar-refractivity contribution in [2.24, 2.45) is 0 Å². The van der Waals surface area contributed by atoms with Crippen molar-refractivity contribution in [2.75, 3.05) is 7.05 Å². The smallest absolute Gasteiger partial charge is 0.242 e. The summed E-state index contributed by atoms with van der Waals surface area (Å²) in [6, 6.07) is 3.74. The number of benzene rings is 1. The highest BCUT2D eigenvalue weighted by Gasteiger charge is 2.34. The Morgan fingerprint density at radius 3 is 2.48 bits per heavy atom. The van der Waals surface area contributed by atoms with Gasteiger partial charge in [0.1, 0.15) is 0 Å². The molecule has 6 heteroatoms. The van der Waals surface area contributed by atoms with Crippen LogP contribution in [-0.2, 0) is 16.6 Å². The highest BCUT2D eigenvalue weighted by Crippen LogP contribution is 2.33. The number of nitrogens with one attached hydrogen (secondary N) is 2. The van der Waals surface area contributed by atoms with E-state index in [0.717, 1.165) is 36.8 Å². The third kappa shape index (κ3) is 3.86. The molecule has 0 bridgehead atoms. The summed E-state index contributed by atoms with van der Waals surface area (Å²) in [4.78, 5) is 0.334. The first kappa shape index (κ1) is 16.9. The number of hydrogen-bond acceptors (Lipinski definition) is 3. The molecule has 1 aromatic rings. The summed E-state index contributed by atoms with van der Waals surface area (Å²) in [6.45, 7) is 4.56. The largest absolute Gasteiger partial charge is 0.316 e. The molecule has 2 rings (SSSR count). The maximum atomic E-state index is 12.8. The van der Waals surface area contributed by atoms with Gasteiger partial charge in [-0.2, -0.15) is 0 Å². The molecule has 0 saturated heterocycles. The lowest BCUT2D eigenvalue weighted by Gasteiger charge is -2.25. The molecule has 0 spiro atoms. The van der Waals surface area contributed by atoms with Crippen LogP contribution in [0.1, 0.15) is 43.7 Å². The molecule has 2 N–H and O–H groups in total. The van der Waals surface area contributed by atoms with E-state index in [1.807, 2.05) is 27.0 Å². The second-order valence-corrected chi connectivity index (χ2v) is 8.57. The van der Waals surface area contributed by atoms with Crippen LogP contribution in [0.5, 0.6) is 0 Å². The van der Waals surface area contributed by atoms with E-state index in [4.69, 9.17) is 0 Å². The molecular weight excluding hydrogens is 352 g/mol. The third-order valence-corrected chi connectivity index (χ3v) is 7.02. The van der Waals surface area contributed by atoms with Gasteiger partial charge in [-0.25, -0.2) is 13.1 Å². The lowest BCUT2D eigenvalue weighted by molar-refractivity contribution is 0.427. The van der Waals surface area contributed by atoms with Gasteiger partial charge in [0.2, 0.25) is 10.0 Å². The summed E-state index contributed by atoms with van der Waals surface area (Å²) in [5.41, 5.74) is 1.58. The van der Waals surface area contributed by atoms with Crippen LogP contribution in [0.25, 0.3) is 0 Å². The molecule has 21 heavy (non-hydrogen) atoms. The third-order valence-electron chi connectivity index (χ3n) is 4.04. The first-order valence-corrected chi connectivity index (χ1v) is 9.53. The van der Waals surface area contributed by atoms with E-state index in [1.165, 1.54) is 0 Å². The van der Waals surface area contributed by atoms with Crippen LogP contribution in [-0.4, -0.2) is 21.0 Å². The van der Waals surface area contributed by atoms with Crippen LogP contribution >= 0.6 is 15.9 Å². The standard InChI is InChI=1S/C15H23BrN2O2S/c1-11-8-12(10-17-3)9-13(14(11)16)21(19,20)18-15(2)6-4-5-7-15/h8-9,17-18H,4-7,10H2,1-3H3. The molecule has 1 saturated carbocycles. The van der Waals surface area contributed by atoms with Gasteiger partial charge in [0, 0.05) is 16.6 Å². The fraction of sp³-hybridized carbons (Fsp3) is 0.600. The van der Waals surface area contributed by atoms with Gasteiger partial charge in [-0.05, 0) is 66.9 Å².